The summed E-state index contributed by atoms with van der Waals surface area (Å²) in [5, 5.41) is 9.24. The third kappa shape index (κ3) is 20.9. The van der Waals surface area contributed by atoms with Gasteiger partial charge in [-0.05, 0) is 102 Å². The fourth-order valence-electron chi connectivity index (χ4n) is 9.26. The summed E-state index contributed by atoms with van der Waals surface area (Å²) in [6.07, 6.45) is 36.6. The maximum atomic E-state index is 13.9. The third-order valence-electron chi connectivity index (χ3n) is 13.5. The molecule has 1 aliphatic carbocycles. The van der Waals surface area contributed by atoms with Crippen LogP contribution in [-0.4, -0.2) is 61.4 Å². The molecule has 0 aromatic rings. The molecule has 1 heterocycles. The minimum atomic E-state index is -0.283. The van der Waals surface area contributed by atoms with E-state index in [9.17, 15) is 14.7 Å². The van der Waals surface area contributed by atoms with Crippen LogP contribution in [0.3, 0.4) is 0 Å². The van der Waals surface area contributed by atoms with Crippen LogP contribution in [0, 0.1) is 22.7 Å². The number of aliphatic hydroxyl groups excluding tert-OH is 1. The molecule has 0 unspecified atom stereocenters. The van der Waals surface area contributed by atoms with Crippen LogP contribution in [0.15, 0.2) is 0 Å². The molecule has 1 saturated heterocycles. The number of nitrogens with zero attached hydrogens (tertiary/aromatic N) is 1. The lowest BCUT2D eigenvalue weighted by Gasteiger charge is -2.49. The Morgan fingerprint density at radius 1 is 0.500 bits per heavy atom. The van der Waals surface area contributed by atoms with E-state index in [2.05, 4.69) is 32.6 Å². The molecular formula is C48H91NO5. The zero-order valence-electron chi connectivity index (χ0n) is 36.6. The molecule has 0 atom stereocenters. The van der Waals surface area contributed by atoms with Crippen molar-refractivity contribution in [1.82, 2.24) is 4.90 Å². The number of rotatable bonds is 34. The summed E-state index contributed by atoms with van der Waals surface area (Å²) in [7, 11) is 0. The van der Waals surface area contributed by atoms with Crippen LogP contribution in [0.4, 0.5) is 0 Å². The molecule has 54 heavy (non-hydrogen) atoms. The Kier molecular flexibility index (Phi) is 28.1. The summed E-state index contributed by atoms with van der Waals surface area (Å²) in [4.78, 5) is 30.4. The second-order valence-electron chi connectivity index (χ2n) is 18.2. The number of hydrogen-bond donors (Lipinski definition) is 1. The van der Waals surface area contributed by atoms with Crippen LogP contribution in [0.5, 0.6) is 0 Å². The molecule has 1 aliphatic heterocycles. The standard InChI is InChI=1S/C48H91NO5/c1-5-9-13-17-21-27-43(28-22-18-14-10-6-2)45(51)53-41-48(33-31-47(32-34-48)35-38-49(39-36-47)37-25-26-40-50)42-54-46(52)44(29-23-19-15-11-7-3)30-24-20-16-12-8-4/h43-44,50H,5-42H2,1-4H3. The highest BCUT2D eigenvalue weighted by Crippen LogP contribution is 2.51. The van der Waals surface area contributed by atoms with Crippen LogP contribution in [0.25, 0.3) is 0 Å². The predicted octanol–water partition coefficient (Wildman–Crippen LogP) is 13.2. The van der Waals surface area contributed by atoms with E-state index in [-0.39, 0.29) is 35.8 Å². The number of aliphatic hydroxyl groups is 1. The summed E-state index contributed by atoms with van der Waals surface area (Å²) < 4.78 is 12.8. The van der Waals surface area contributed by atoms with Crippen molar-refractivity contribution in [1.29, 1.82) is 0 Å². The van der Waals surface area contributed by atoms with Crippen molar-refractivity contribution < 1.29 is 24.2 Å². The lowest BCUT2D eigenvalue weighted by molar-refractivity contribution is -0.163. The molecule has 2 aliphatic rings. The van der Waals surface area contributed by atoms with Crippen LogP contribution in [-0.2, 0) is 19.1 Å². The summed E-state index contributed by atoms with van der Waals surface area (Å²) in [6.45, 7) is 13.4. The first kappa shape index (κ1) is 49.0. The van der Waals surface area contributed by atoms with Crippen molar-refractivity contribution in [3.05, 3.63) is 0 Å². The molecule has 1 N–H and O–H groups in total. The Morgan fingerprint density at radius 2 is 0.870 bits per heavy atom. The zero-order chi connectivity index (χ0) is 39.2. The smallest absolute Gasteiger partial charge is 0.308 e. The Labute approximate surface area is 335 Å². The van der Waals surface area contributed by atoms with Gasteiger partial charge in [-0.15, -0.1) is 0 Å². The van der Waals surface area contributed by atoms with E-state index < -0.39 is 0 Å². The van der Waals surface area contributed by atoms with Gasteiger partial charge in [0.15, 0.2) is 0 Å². The van der Waals surface area contributed by atoms with E-state index >= 15 is 0 Å². The Morgan fingerprint density at radius 3 is 1.22 bits per heavy atom. The van der Waals surface area contributed by atoms with Crippen LogP contribution < -0.4 is 0 Å². The van der Waals surface area contributed by atoms with E-state index in [0.29, 0.717) is 18.6 Å². The first-order valence-corrected chi connectivity index (χ1v) is 24.0. The molecule has 0 aromatic carbocycles. The molecule has 2 fully saturated rings. The number of ether oxygens (including phenoxy) is 2. The van der Waals surface area contributed by atoms with Gasteiger partial charge in [0.1, 0.15) is 13.2 Å². The van der Waals surface area contributed by atoms with Gasteiger partial charge < -0.3 is 19.5 Å². The fraction of sp³-hybridized carbons (Fsp3) is 0.958. The maximum Gasteiger partial charge on any atom is 0.308 e. The molecular weight excluding hydrogens is 671 g/mol. The third-order valence-corrected chi connectivity index (χ3v) is 13.5. The van der Waals surface area contributed by atoms with Gasteiger partial charge in [0, 0.05) is 12.0 Å². The molecule has 0 radical (unpaired) electrons. The number of esters is 2. The second-order valence-corrected chi connectivity index (χ2v) is 18.2. The van der Waals surface area contributed by atoms with Crippen LogP contribution >= 0.6 is 0 Å². The van der Waals surface area contributed by atoms with E-state index in [0.717, 1.165) is 110 Å². The largest absolute Gasteiger partial charge is 0.465 e. The Bertz CT molecular complexity index is 827. The van der Waals surface area contributed by atoms with Gasteiger partial charge in [-0.3, -0.25) is 9.59 Å². The van der Waals surface area contributed by atoms with Crippen molar-refractivity contribution in [2.45, 2.75) is 233 Å². The summed E-state index contributed by atoms with van der Waals surface area (Å²) >= 11 is 0. The monoisotopic (exact) mass is 762 g/mol. The molecule has 0 amide bonds. The lowest BCUT2D eigenvalue weighted by Crippen LogP contribution is -2.46. The van der Waals surface area contributed by atoms with Gasteiger partial charge >= 0.3 is 11.9 Å². The van der Waals surface area contributed by atoms with Gasteiger partial charge in [-0.2, -0.15) is 0 Å². The minimum absolute atomic E-state index is 0.000179. The number of piperidine rings is 1. The number of unbranched alkanes of at least 4 members (excludes halogenated alkanes) is 17. The molecule has 0 aromatic heterocycles. The molecule has 6 heteroatoms. The molecule has 0 bridgehead atoms. The summed E-state index contributed by atoms with van der Waals surface area (Å²) in [6, 6.07) is 0. The van der Waals surface area contributed by atoms with E-state index in [1.165, 1.54) is 116 Å². The molecule has 2 rings (SSSR count). The highest BCUT2D eigenvalue weighted by Gasteiger charge is 2.46. The average molecular weight is 762 g/mol. The average Bonchev–Trinajstić information content (AvgIpc) is 3.19. The normalized spacial score (nSPS) is 17.1. The lowest BCUT2D eigenvalue weighted by atomic mass is 9.60. The van der Waals surface area contributed by atoms with Gasteiger partial charge in [-0.25, -0.2) is 0 Å². The number of hydrogen-bond acceptors (Lipinski definition) is 6. The van der Waals surface area contributed by atoms with Crippen LogP contribution in [0.1, 0.15) is 233 Å². The Balaban J connectivity index is 2.12. The molecule has 318 valence electrons. The number of likely N-dealkylation sites (tertiary alicyclic amines) is 1. The van der Waals surface area contributed by atoms with Crippen molar-refractivity contribution in [3.63, 3.8) is 0 Å². The van der Waals surface area contributed by atoms with Crippen molar-refractivity contribution >= 4 is 11.9 Å². The van der Waals surface area contributed by atoms with E-state index in [1.54, 1.807) is 0 Å². The summed E-state index contributed by atoms with van der Waals surface area (Å²) in [5.74, 6) is -0.0223. The fourth-order valence-corrected chi connectivity index (χ4v) is 9.26. The van der Waals surface area contributed by atoms with Crippen molar-refractivity contribution in [2.24, 2.45) is 22.7 Å². The van der Waals surface area contributed by atoms with Gasteiger partial charge in [0.25, 0.3) is 0 Å². The Hall–Kier alpha value is -1.14. The number of carbonyl (C=O) groups is 2. The van der Waals surface area contributed by atoms with E-state index in [1.807, 2.05) is 0 Å². The first-order chi connectivity index (χ1) is 26.4. The molecule has 6 nitrogen and oxygen atoms in total. The van der Waals surface area contributed by atoms with Crippen LogP contribution in [0.2, 0.25) is 0 Å². The highest BCUT2D eigenvalue weighted by atomic mass is 16.5. The molecule has 1 saturated carbocycles. The quantitative estimate of drug-likeness (QED) is 0.0520. The minimum Gasteiger partial charge on any atom is -0.465 e. The first-order valence-electron chi connectivity index (χ1n) is 24.0. The predicted molar refractivity (Wildman–Crippen MR) is 228 cm³/mol. The van der Waals surface area contributed by atoms with Gasteiger partial charge in [0.05, 0.1) is 11.8 Å². The summed E-state index contributed by atoms with van der Waals surface area (Å²) in [5.41, 5.74) is 0.0679. The highest BCUT2D eigenvalue weighted by molar-refractivity contribution is 5.73. The number of carbonyl (C=O) groups excluding carboxylic acids is 2. The SMILES string of the molecule is CCCCCCCC(CCCCCCC)C(=O)OCC1(COC(=O)C(CCCCCCC)CCCCCCC)CCC2(CCN(CCCCO)CC2)CC1. The van der Waals surface area contributed by atoms with Gasteiger partial charge in [-0.1, -0.05) is 156 Å². The van der Waals surface area contributed by atoms with Crippen molar-refractivity contribution in [3.8, 4) is 0 Å². The zero-order valence-corrected chi connectivity index (χ0v) is 36.6. The van der Waals surface area contributed by atoms with Gasteiger partial charge in [0.2, 0.25) is 0 Å². The topological polar surface area (TPSA) is 76.1 Å². The van der Waals surface area contributed by atoms with E-state index in [4.69, 9.17) is 9.47 Å². The second kappa shape index (κ2) is 30.9. The van der Waals surface area contributed by atoms with Crippen molar-refractivity contribution in [2.75, 3.05) is 39.5 Å². The maximum absolute atomic E-state index is 13.9. The molecule has 1 spiro atoms.